The first-order valence-electron chi connectivity index (χ1n) is 10.5. The molecule has 1 saturated carbocycles. The van der Waals surface area contributed by atoms with Crippen LogP contribution in [-0.4, -0.2) is 32.5 Å². The number of hydrogen-bond acceptors (Lipinski definition) is 6. The van der Waals surface area contributed by atoms with Gasteiger partial charge in [-0.05, 0) is 60.9 Å². The van der Waals surface area contributed by atoms with Gasteiger partial charge in [-0.15, -0.1) is 11.3 Å². The quantitative estimate of drug-likeness (QED) is 0.551. The predicted molar refractivity (Wildman–Crippen MR) is 119 cm³/mol. The Balaban J connectivity index is 1.56. The zero-order chi connectivity index (χ0) is 23.0. The molecule has 0 unspecified atom stereocenters. The van der Waals surface area contributed by atoms with Crippen LogP contribution in [0.5, 0.6) is 0 Å². The summed E-state index contributed by atoms with van der Waals surface area (Å²) in [7, 11) is 0. The fourth-order valence-corrected chi connectivity index (χ4v) is 5.26. The second-order valence-electron chi connectivity index (χ2n) is 8.71. The Bertz CT molecular complexity index is 1110. The summed E-state index contributed by atoms with van der Waals surface area (Å²) < 4.78 is 28.2. The highest BCUT2D eigenvalue weighted by Crippen LogP contribution is 2.42. The summed E-state index contributed by atoms with van der Waals surface area (Å²) in [4.78, 5) is 21.3. The van der Waals surface area contributed by atoms with Gasteiger partial charge in [0, 0.05) is 30.2 Å². The van der Waals surface area contributed by atoms with E-state index < -0.39 is 17.2 Å². The number of aliphatic hydroxyl groups is 1. The molecule has 5 nitrogen and oxygen atoms in total. The number of carbonyl (C=O) groups is 1. The summed E-state index contributed by atoms with van der Waals surface area (Å²) >= 11 is 1.03. The van der Waals surface area contributed by atoms with Gasteiger partial charge in [0.2, 0.25) is 0 Å². The molecule has 8 heteroatoms. The minimum atomic E-state index is -0.932. The van der Waals surface area contributed by atoms with Crippen molar-refractivity contribution in [3.63, 3.8) is 0 Å². The van der Waals surface area contributed by atoms with Crippen molar-refractivity contribution in [2.45, 2.75) is 50.7 Å². The number of rotatable bonds is 5. The molecule has 1 aliphatic carbocycles. The lowest BCUT2D eigenvalue weighted by atomic mass is 9.67. The number of Topliss-reactive ketones (excluding diaryl/α,β-unsaturated/α-hetero) is 1. The maximum atomic E-state index is 14.1. The summed E-state index contributed by atoms with van der Waals surface area (Å²) in [6.45, 7) is 3.75. The molecule has 0 radical (unpaired) electrons. The largest absolute Gasteiger partial charge is 0.388 e. The summed E-state index contributed by atoms with van der Waals surface area (Å²) in [5.41, 5.74) is 7.02. The summed E-state index contributed by atoms with van der Waals surface area (Å²) in [5.74, 6) is -1.58. The highest BCUT2D eigenvalue weighted by Gasteiger charge is 2.42. The Kier molecular flexibility index (Phi) is 6.20. The number of pyridine rings is 1. The van der Waals surface area contributed by atoms with Gasteiger partial charge in [0.15, 0.2) is 5.78 Å². The molecule has 32 heavy (non-hydrogen) atoms. The Labute approximate surface area is 189 Å². The molecule has 168 valence electrons. The van der Waals surface area contributed by atoms with Gasteiger partial charge < -0.3 is 10.8 Å². The second-order valence-corrected chi connectivity index (χ2v) is 9.57. The van der Waals surface area contributed by atoms with Crippen molar-refractivity contribution < 1.29 is 18.7 Å². The van der Waals surface area contributed by atoms with Crippen molar-refractivity contribution in [3.8, 4) is 10.6 Å². The number of nitrogens with zero attached hydrogens (tertiary/aromatic N) is 2. The van der Waals surface area contributed by atoms with Crippen LogP contribution in [0.25, 0.3) is 10.6 Å². The molecule has 0 aliphatic heterocycles. The van der Waals surface area contributed by atoms with Crippen LogP contribution >= 0.6 is 11.3 Å². The zero-order valence-corrected chi connectivity index (χ0v) is 18.7. The van der Waals surface area contributed by atoms with E-state index in [0.717, 1.165) is 41.0 Å². The van der Waals surface area contributed by atoms with E-state index in [2.05, 4.69) is 9.97 Å². The molecule has 4 atom stereocenters. The average Bonchev–Trinajstić information content (AvgIpc) is 3.22. The Morgan fingerprint density at radius 2 is 2.00 bits per heavy atom. The smallest absolute Gasteiger partial charge is 0.186 e. The van der Waals surface area contributed by atoms with Crippen molar-refractivity contribution in [1.82, 2.24) is 9.97 Å². The normalized spacial score (nSPS) is 25.6. The third kappa shape index (κ3) is 4.22. The first-order chi connectivity index (χ1) is 15.2. The Morgan fingerprint density at radius 3 is 2.69 bits per heavy atom. The van der Waals surface area contributed by atoms with E-state index in [9.17, 15) is 18.7 Å². The van der Waals surface area contributed by atoms with Crippen molar-refractivity contribution in [2.24, 2.45) is 11.7 Å². The predicted octanol–water partition coefficient (Wildman–Crippen LogP) is 4.50. The second kappa shape index (κ2) is 8.77. The van der Waals surface area contributed by atoms with E-state index in [1.807, 2.05) is 13.0 Å². The Hall–Kier alpha value is -2.55. The van der Waals surface area contributed by atoms with Crippen LogP contribution < -0.4 is 5.73 Å². The van der Waals surface area contributed by atoms with Crippen LogP contribution in [0.15, 0.2) is 42.0 Å². The van der Waals surface area contributed by atoms with Gasteiger partial charge in [-0.3, -0.25) is 9.78 Å². The minimum absolute atomic E-state index is 0.00438. The van der Waals surface area contributed by atoms with Gasteiger partial charge >= 0.3 is 0 Å². The number of thiazole rings is 1. The van der Waals surface area contributed by atoms with Gasteiger partial charge in [0.05, 0.1) is 11.2 Å². The first kappa shape index (κ1) is 22.6. The molecule has 3 aromatic rings. The number of aromatic nitrogens is 2. The van der Waals surface area contributed by atoms with Gasteiger partial charge in [-0.1, -0.05) is 13.0 Å². The van der Waals surface area contributed by atoms with Crippen molar-refractivity contribution >= 4 is 17.1 Å². The standard InChI is InChI=1S/C24H25F2N3O2S/c1-13-8-14(10-21(27)24(13,2)31)16-6-7-28-11-15(16)9-20(30)19-12-32-23(29-19)22-17(25)4-3-5-18(22)26/h3-7,11-14,21,31H,8-10,27H2,1-2H3/t13-,14+,21+,24+/m1/s1. The van der Waals surface area contributed by atoms with E-state index in [1.165, 1.54) is 11.4 Å². The number of nitrogens with two attached hydrogens (primary N) is 1. The maximum absolute atomic E-state index is 14.1. The van der Waals surface area contributed by atoms with E-state index in [1.54, 1.807) is 19.3 Å². The van der Waals surface area contributed by atoms with Gasteiger partial charge in [-0.25, -0.2) is 13.8 Å². The lowest BCUT2D eigenvalue weighted by molar-refractivity contribution is -0.0464. The summed E-state index contributed by atoms with van der Waals surface area (Å²) in [5, 5.41) is 12.3. The van der Waals surface area contributed by atoms with E-state index >= 15 is 0 Å². The van der Waals surface area contributed by atoms with Crippen LogP contribution in [-0.2, 0) is 6.42 Å². The molecule has 1 aliphatic rings. The molecule has 0 amide bonds. The molecule has 0 saturated heterocycles. The van der Waals surface area contributed by atoms with E-state index in [0.29, 0.717) is 6.42 Å². The highest BCUT2D eigenvalue weighted by atomic mass is 32.1. The molecule has 1 aromatic carbocycles. The van der Waals surface area contributed by atoms with Gasteiger partial charge in [0.1, 0.15) is 22.3 Å². The number of ketones is 1. The SMILES string of the molecule is C[C@@H]1C[C@H](c2ccncc2CC(=O)c2csc(-c3c(F)cccc3F)n2)C[C@H](N)[C@@]1(C)O. The molecular formula is C24H25F2N3O2S. The number of carbonyl (C=O) groups excluding carboxylic acids is 1. The molecule has 4 rings (SSSR count). The van der Waals surface area contributed by atoms with Crippen molar-refractivity contribution in [2.75, 3.05) is 0 Å². The number of benzene rings is 1. The fraction of sp³-hybridized carbons (Fsp3) is 0.375. The lowest BCUT2D eigenvalue weighted by Crippen LogP contribution is -2.54. The van der Waals surface area contributed by atoms with Crippen LogP contribution in [0.4, 0.5) is 8.78 Å². The number of hydrogen-bond donors (Lipinski definition) is 2. The number of halogens is 2. The third-order valence-corrected chi connectivity index (χ3v) is 7.48. The molecule has 3 N–H and O–H groups in total. The van der Waals surface area contributed by atoms with Crippen LogP contribution in [0, 0.1) is 17.6 Å². The van der Waals surface area contributed by atoms with Crippen LogP contribution in [0.3, 0.4) is 0 Å². The van der Waals surface area contributed by atoms with Gasteiger partial charge in [-0.2, -0.15) is 0 Å². The topological polar surface area (TPSA) is 89.1 Å². The maximum Gasteiger partial charge on any atom is 0.186 e. The minimum Gasteiger partial charge on any atom is -0.388 e. The zero-order valence-electron chi connectivity index (χ0n) is 17.9. The fourth-order valence-electron chi connectivity index (χ4n) is 4.39. The average molecular weight is 458 g/mol. The van der Waals surface area contributed by atoms with Crippen molar-refractivity contribution in [3.05, 3.63) is 70.5 Å². The van der Waals surface area contributed by atoms with E-state index in [-0.39, 0.29) is 46.3 Å². The Morgan fingerprint density at radius 1 is 1.28 bits per heavy atom. The molecule has 2 aromatic heterocycles. The first-order valence-corrected chi connectivity index (χ1v) is 11.4. The molecular weight excluding hydrogens is 432 g/mol. The van der Waals surface area contributed by atoms with Crippen molar-refractivity contribution in [1.29, 1.82) is 0 Å². The monoisotopic (exact) mass is 457 g/mol. The van der Waals surface area contributed by atoms with Crippen LogP contribution in [0.1, 0.15) is 54.2 Å². The van der Waals surface area contributed by atoms with Gasteiger partial charge in [0.25, 0.3) is 0 Å². The summed E-state index contributed by atoms with van der Waals surface area (Å²) in [6.07, 6.45) is 4.78. The van der Waals surface area contributed by atoms with E-state index in [4.69, 9.17) is 5.73 Å². The highest BCUT2D eigenvalue weighted by molar-refractivity contribution is 7.13. The molecule has 1 fully saturated rings. The summed E-state index contributed by atoms with van der Waals surface area (Å²) in [6, 6.07) is 5.14. The lowest BCUT2D eigenvalue weighted by Gasteiger charge is -2.44. The molecule has 0 spiro atoms. The molecule has 0 bridgehead atoms. The third-order valence-electron chi connectivity index (χ3n) is 6.62. The van der Waals surface area contributed by atoms with Crippen LogP contribution in [0.2, 0.25) is 0 Å². The molecule has 2 heterocycles.